The van der Waals surface area contributed by atoms with E-state index in [4.69, 9.17) is 0 Å². The smallest absolute Gasteiger partial charge is 0.0541 e. The third kappa shape index (κ3) is 6.87. The van der Waals surface area contributed by atoms with Crippen molar-refractivity contribution in [2.24, 2.45) is 0 Å². The molecule has 0 fully saturated rings. The molecule has 0 saturated heterocycles. The van der Waals surface area contributed by atoms with Crippen LogP contribution in [0.1, 0.15) is 25.0 Å². The Bertz CT molecular complexity index is 3860. The SMILES string of the molecule is CC1(C)c2ccccc2-c2cccc(-c3ccc(N(c4ccc(-c5cccc(-c6ccc7ccccc7c6)c5)cc4)c4ccc(-c5cccc(-n6c7ccccc7c7ccccc76)c5)cc4)cc3)c21. The van der Waals surface area contributed by atoms with Gasteiger partial charge in [0.2, 0.25) is 0 Å². The third-order valence-corrected chi connectivity index (χ3v) is 14.6. The van der Waals surface area contributed by atoms with Gasteiger partial charge in [0, 0.05) is 38.9 Å². The molecule has 0 bridgehead atoms. The highest BCUT2D eigenvalue weighted by molar-refractivity contribution is 6.09. The highest BCUT2D eigenvalue weighted by Gasteiger charge is 2.37. The Morgan fingerprint density at radius 2 is 0.783 bits per heavy atom. The molecule has 326 valence electrons. The fourth-order valence-corrected chi connectivity index (χ4v) is 11.2. The molecule has 1 aliphatic rings. The highest BCUT2D eigenvalue weighted by Crippen LogP contribution is 2.52. The summed E-state index contributed by atoms with van der Waals surface area (Å²) < 4.78 is 2.39. The van der Waals surface area contributed by atoms with Gasteiger partial charge in [-0.2, -0.15) is 0 Å². The summed E-state index contributed by atoms with van der Waals surface area (Å²) >= 11 is 0. The van der Waals surface area contributed by atoms with Gasteiger partial charge in [-0.3, -0.25) is 0 Å². The fourth-order valence-electron chi connectivity index (χ4n) is 11.2. The molecule has 0 saturated carbocycles. The molecule has 69 heavy (non-hydrogen) atoms. The lowest BCUT2D eigenvalue weighted by molar-refractivity contribution is 0.662. The quantitative estimate of drug-likeness (QED) is 0.148. The molecular weight excluding hydrogens is 833 g/mol. The van der Waals surface area contributed by atoms with Gasteiger partial charge < -0.3 is 9.47 Å². The van der Waals surface area contributed by atoms with Crippen LogP contribution in [0, 0.1) is 0 Å². The minimum atomic E-state index is -0.102. The van der Waals surface area contributed by atoms with E-state index in [0.717, 1.165) is 22.7 Å². The van der Waals surface area contributed by atoms with Crippen molar-refractivity contribution >= 4 is 49.6 Å². The van der Waals surface area contributed by atoms with Gasteiger partial charge in [-0.05, 0) is 150 Å². The topological polar surface area (TPSA) is 8.17 Å². The van der Waals surface area contributed by atoms with Gasteiger partial charge >= 0.3 is 0 Å². The minimum absolute atomic E-state index is 0.102. The van der Waals surface area contributed by atoms with Crippen LogP contribution >= 0.6 is 0 Å². The minimum Gasteiger partial charge on any atom is -0.311 e. The van der Waals surface area contributed by atoms with Gasteiger partial charge in [0.25, 0.3) is 0 Å². The van der Waals surface area contributed by atoms with Gasteiger partial charge in [-0.1, -0.05) is 196 Å². The molecule has 0 unspecified atom stereocenters. The summed E-state index contributed by atoms with van der Waals surface area (Å²) in [6, 6.07) is 93.5. The van der Waals surface area contributed by atoms with Gasteiger partial charge in [0.05, 0.1) is 11.0 Å². The van der Waals surface area contributed by atoms with Crippen LogP contribution in [0.3, 0.4) is 0 Å². The van der Waals surface area contributed by atoms with Gasteiger partial charge in [-0.15, -0.1) is 0 Å². The predicted octanol–water partition coefficient (Wildman–Crippen LogP) is 18.4. The maximum Gasteiger partial charge on any atom is 0.0541 e. The normalized spacial score (nSPS) is 12.6. The van der Waals surface area contributed by atoms with E-state index in [9.17, 15) is 0 Å². The van der Waals surface area contributed by atoms with E-state index < -0.39 is 0 Å². The molecule has 12 aromatic rings. The summed E-state index contributed by atoms with van der Waals surface area (Å²) in [4.78, 5) is 2.38. The Hall–Kier alpha value is -8.72. The Kier molecular flexibility index (Phi) is 9.55. The lowest BCUT2D eigenvalue weighted by Gasteiger charge is -2.27. The third-order valence-electron chi connectivity index (χ3n) is 14.6. The summed E-state index contributed by atoms with van der Waals surface area (Å²) in [5.74, 6) is 0. The second-order valence-corrected chi connectivity index (χ2v) is 18.9. The number of hydrogen-bond acceptors (Lipinski definition) is 1. The summed E-state index contributed by atoms with van der Waals surface area (Å²) in [7, 11) is 0. The monoisotopic (exact) mass is 880 g/mol. The summed E-state index contributed by atoms with van der Waals surface area (Å²) in [5.41, 5.74) is 21.9. The molecule has 1 heterocycles. The average Bonchev–Trinajstić information content (AvgIpc) is 3.87. The van der Waals surface area contributed by atoms with E-state index in [1.807, 2.05) is 0 Å². The number of rotatable bonds is 8. The van der Waals surface area contributed by atoms with Crippen LogP contribution in [0.4, 0.5) is 17.1 Å². The van der Waals surface area contributed by atoms with Crippen molar-refractivity contribution in [1.82, 2.24) is 4.57 Å². The molecule has 1 aromatic heterocycles. The van der Waals surface area contributed by atoms with Crippen LogP contribution in [0.5, 0.6) is 0 Å². The molecule has 2 heteroatoms. The van der Waals surface area contributed by atoms with Crippen molar-refractivity contribution in [3.8, 4) is 61.3 Å². The Morgan fingerprint density at radius 3 is 1.45 bits per heavy atom. The maximum atomic E-state index is 2.39. The largest absolute Gasteiger partial charge is 0.311 e. The lowest BCUT2D eigenvalue weighted by atomic mass is 9.79. The van der Waals surface area contributed by atoms with Crippen molar-refractivity contribution in [3.05, 3.63) is 266 Å². The van der Waals surface area contributed by atoms with E-state index in [1.54, 1.807) is 0 Å². The lowest BCUT2D eigenvalue weighted by Crippen LogP contribution is -2.16. The number of hydrogen-bond donors (Lipinski definition) is 0. The maximum absolute atomic E-state index is 2.39. The first-order chi connectivity index (χ1) is 34.0. The van der Waals surface area contributed by atoms with Crippen LogP contribution < -0.4 is 4.90 Å². The Morgan fingerprint density at radius 1 is 0.319 bits per heavy atom. The van der Waals surface area contributed by atoms with Crippen molar-refractivity contribution < 1.29 is 0 Å². The zero-order valence-electron chi connectivity index (χ0n) is 38.6. The number of nitrogens with zero attached hydrogens (tertiary/aromatic N) is 2. The number of aromatic nitrogens is 1. The molecular formula is C67H48N2. The summed E-state index contributed by atoms with van der Waals surface area (Å²) in [6.45, 7) is 4.73. The van der Waals surface area contributed by atoms with Gasteiger partial charge in [0.15, 0.2) is 0 Å². The second kappa shape index (κ2) is 16.3. The van der Waals surface area contributed by atoms with E-state index in [1.165, 1.54) is 99.3 Å². The highest BCUT2D eigenvalue weighted by atomic mass is 15.1. The van der Waals surface area contributed by atoms with Crippen LogP contribution in [-0.4, -0.2) is 4.57 Å². The molecule has 2 nitrogen and oxygen atoms in total. The summed E-state index contributed by atoms with van der Waals surface area (Å²) in [6.07, 6.45) is 0. The first-order valence-electron chi connectivity index (χ1n) is 24.0. The summed E-state index contributed by atoms with van der Waals surface area (Å²) in [5, 5.41) is 5.03. The van der Waals surface area contributed by atoms with Gasteiger partial charge in [0.1, 0.15) is 0 Å². The van der Waals surface area contributed by atoms with E-state index in [2.05, 4.69) is 278 Å². The second-order valence-electron chi connectivity index (χ2n) is 18.9. The Labute approximate surface area is 403 Å². The Balaban J connectivity index is 0.870. The molecule has 11 aromatic carbocycles. The number of benzene rings is 11. The van der Waals surface area contributed by atoms with Crippen LogP contribution in [-0.2, 0) is 5.41 Å². The molecule has 0 N–H and O–H groups in total. The molecule has 13 rings (SSSR count). The van der Waals surface area contributed by atoms with Crippen LogP contribution in [0.2, 0.25) is 0 Å². The van der Waals surface area contributed by atoms with E-state index >= 15 is 0 Å². The molecule has 1 aliphatic carbocycles. The van der Waals surface area contributed by atoms with Crippen molar-refractivity contribution in [3.63, 3.8) is 0 Å². The zero-order chi connectivity index (χ0) is 46.1. The first kappa shape index (κ1) is 40.5. The molecule has 0 aliphatic heterocycles. The van der Waals surface area contributed by atoms with Crippen molar-refractivity contribution in [1.29, 1.82) is 0 Å². The average molecular weight is 881 g/mol. The zero-order valence-corrected chi connectivity index (χ0v) is 38.6. The van der Waals surface area contributed by atoms with Crippen molar-refractivity contribution in [2.45, 2.75) is 19.3 Å². The van der Waals surface area contributed by atoms with Gasteiger partial charge in [-0.25, -0.2) is 0 Å². The van der Waals surface area contributed by atoms with E-state index in [-0.39, 0.29) is 5.41 Å². The molecule has 0 spiro atoms. The fraction of sp³-hybridized carbons (Fsp3) is 0.0448. The number of para-hydroxylation sites is 2. The molecule has 0 amide bonds. The number of anilines is 3. The van der Waals surface area contributed by atoms with Crippen LogP contribution in [0.15, 0.2) is 255 Å². The first-order valence-corrected chi connectivity index (χ1v) is 24.0. The number of fused-ring (bicyclic) bond motifs is 7. The standard InChI is InChI=1S/C67H48N2/c1-67(2)63-25-8-5-20-59(63)62-24-13-23-58(66(62)67)48-34-40-56(41-35-48)68(54-36-30-46(31-37-54)50-16-11-17-51(42-50)53-29-28-45-14-3-4-15-49(45)43-53)55-38-32-47(33-39-55)52-18-12-19-57(44-52)69-64-26-9-6-21-60(64)61-22-7-10-27-65(61)69/h3-44H,1-2H3. The van der Waals surface area contributed by atoms with E-state index in [0.29, 0.717) is 0 Å². The molecule has 0 atom stereocenters. The predicted molar refractivity (Wildman–Crippen MR) is 292 cm³/mol. The van der Waals surface area contributed by atoms with Crippen molar-refractivity contribution in [2.75, 3.05) is 4.90 Å². The molecule has 0 radical (unpaired) electrons. The van der Waals surface area contributed by atoms with Crippen LogP contribution in [0.25, 0.3) is 93.9 Å².